The van der Waals surface area contributed by atoms with Crippen molar-refractivity contribution in [3.8, 4) is 0 Å². The second-order valence-corrected chi connectivity index (χ2v) is 6.59. The van der Waals surface area contributed by atoms with Crippen molar-refractivity contribution in [1.82, 2.24) is 4.90 Å². The number of ether oxygens (including phenoxy) is 1. The van der Waals surface area contributed by atoms with E-state index in [1.807, 2.05) is 0 Å². The zero-order chi connectivity index (χ0) is 14.7. The van der Waals surface area contributed by atoms with E-state index in [0.29, 0.717) is 12.6 Å². The fourth-order valence-electron chi connectivity index (χ4n) is 3.47. The van der Waals surface area contributed by atoms with E-state index in [4.69, 9.17) is 4.74 Å². The highest BCUT2D eigenvalue weighted by Gasteiger charge is 2.25. The maximum atomic E-state index is 10.2. The van der Waals surface area contributed by atoms with Crippen LogP contribution < -0.4 is 0 Å². The van der Waals surface area contributed by atoms with Crippen molar-refractivity contribution in [2.45, 2.75) is 56.8 Å². The zero-order valence-corrected chi connectivity index (χ0v) is 13.0. The first-order valence-corrected chi connectivity index (χ1v) is 8.32. The summed E-state index contributed by atoms with van der Waals surface area (Å²) in [6, 6.07) is 9.23. The molecule has 2 aliphatic carbocycles. The number of aliphatic hydroxyl groups excluding tert-OH is 1. The van der Waals surface area contributed by atoms with Crippen LogP contribution in [0.1, 0.15) is 49.3 Å². The van der Waals surface area contributed by atoms with Crippen LogP contribution in [0.4, 0.5) is 0 Å². The average molecular weight is 289 g/mol. The van der Waals surface area contributed by atoms with Crippen LogP contribution in [0, 0.1) is 0 Å². The summed E-state index contributed by atoms with van der Waals surface area (Å²) in [5, 5.41) is 10.2. The third-order valence-corrected chi connectivity index (χ3v) is 5.00. The molecule has 0 aliphatic heterocycles. The molecule has 1 aromatic rings. The molecule has 0 aromatic heterocycles. The van der Waals surface area contributed by atoms with Gasteiger partial charge in [0.15, 0.2) is 0 Å². The number of likely N-dealkylation sites (N-methyl/N-ethyl adjacent to an activating group) is 1. The second kappa shape index (κ2) is 6.91. The van der Waals surface area contributed by atoms with E-state index in [0.717, 1.165) is 19.4 Å². The highest BCUT2D eigenvalue weighted by atomic mass is 16.5. The Bertz CT molecular complexity index is 458. The monoisotopic (exact) mass is 289 g/mol. The zero-order valence-electron chi connectivity index (χ0n) is 13.0. The van der Waals surface area contributed by atoms with Gasteiger partial charge in [-0.1, -0.05) is 30.7 Å². The number of nitrogens with zero attached hydrogens (tertiary/aromatic N) is 1. The van der Waals surface area contributed by atoms with Crippen LogP contribution in [-0.4, -0.2) is 42.4 Å². The summed E-state index contributed by atoms with van der Waals surface area (Å²) in [7, 11) is 2.11. The molecule has 0 heterocycles. The Kier molecular flexibility index (Phi) is 4.94. The predicted octanol–water partition coefficient (Wildman–Crippen LogP) is 2.93. The molecule has 0 saturated heterocycles. The first-order valence-electron chi connectivity index (χ1n) is 8.32. The highest BCUT2D eigenvalue weighted by Crippen LogP contribution is 2.32. The molecule has 2 aliphatic rings. The molecule has 2 atom stereocenters. The number of aliphatic hydroxyl groups is 1. The summed E-state index contributed by atoms with van der Waals surface area (Å²) in [4.78, 5) is 2.28. The quantitative estimate of drug-likeness (QED) is 0.874. The fourth-order valence-corrected chi connectivity index (χ4v) is 3.47. The standard InChI is InChI=1S/C18H27NO2/c1-19(15-8-5-9-15)12-16(20)13-21-18-11-4-7-14-6-2-3-10-17(14)18/h2-3,6,10,15-16,18,20H,4-5,7-9,11-13H2,1H3. The Morgan fingerprint density at radius 2 is 2.05 bits per heavy atom. The molecule has 1 saturated carbocycles. The highest BCUT2D eigenvalue weighted by molar-refractivity contribution is 5.31. The molecule has 3 nitrogen and oxygen atoms in total. The lowest BCUT2D eigenvalue weighted by Gasteiger charge is -2.36. The van der Waals surface area contributed by atoms with Crippen molar-refractivity contribution in [2.75, 3.05) is 20.2 Å². The molecule has 3 heteroatoms. The summed E-state index contributed by atoms with van der Waals surface area (Å²) in [6.45, 7) is 1.16. The molecule has 1 fully saturated rings. The minimum Gasteiger partial charge on any atom is -0.389 e. The second-order valence-electron chi connectivity index (χ2n) is 6.59. The molecule has 0 radical (unpaired) electrons. The van der Waals surface area contributed by atoms with Crippen molar-refractivity contribution in [1.29, 1.82) is 0 Å². The van der Waals surface area contributed by atoms with Gasteiger partial charge >= 0.3 is 0 Å². The maximum absolute atomic E-state index is 10.2. The molecule has 0 amide bonds. The maximum Gasteiger partial charge on any atom is 0.0900 e. The summed E-state index contributed by atoms with van der Waals surface area (Å²) in [5.74, 6) is 0. The topological polar surface area (TPSA) is 32.7 Å². The van der Waals surface area contributed by atoms with Gasteiger partial charge in [-0.15, -0.1) is 0 Å². The molecule has 21 heavy (non-hydrogen) atoms. The summed E-state index contributed by atoms with van der Waals surface area (Å²) >= 11 is 0. The summed E-state index contributed by atoms with van der Waals surface area (Å²) in [6.07, 6.45) is 7.08. The third kappa shape index (κ3) is 3.65. The molecule has 1 N–H and O–H groups in total. The minimum atomic E-state index is -0.385. The lowest BCUT2D eigenvalue weighted by molar-refractivity contribution is -0.0327. The largest absolute Gasteiger partial charge is 0.389 e. The molecule has 3 rings (SSSR count). The van der Waals surface area contributed by atoms with Gasteiger partial charge in [0.25, 0.3) is 0 Å². The smallest absolute Gasteiger partial charge is 0.0900 e. The Morgan fingerprint density at radius 3 is 2.81 bits per heavy atom. The van der Waals surface area contributed by atoms with Crippen LogP contribution in [-0.2, 0) is 11.2 Å². The normalized spacial score (nSPS) is 23.7. The van der Waals surface area contributed by atoms with Gasteiger partial charge in [0.05, 0.1) is 18.8 Å². The van der Waals surface area contributed by atoms with E-state index < -0.39 is 0 Å². The van der Waals surface area contributed by atoms with Crippen LogP contribution >= 0.6 is 0 Å². The van der Waals surface area contributed by atoms with Gasteiger partial charge in [-0.25, -0.2) is 0 Å². The van der Waals surface area contributed by atoms with E-state index in [9.17, 15) is 5.11 Å². The number of hydrogen-bond acceptors (Lipinski definition) is 3. The van der Waals surface area contributed by atoms with E-state index in [1.165, 1.54) is 36.8 Å². The first-order chi connectivity index (χ1) is 10.2. The van der Waals surface area contributed by atoms with Gasteiger partial charge in [0.2, 0.25) is 0 Å². The van der Waals surface area contributed by atoms with Gasteiger partial charge < -0.3 is 14.7 Å². The van der Waals surface area contributed by atoms with Crippen LogP contribution in [0.25, 0.3) is 0 Å². The number of rotatable bonds is 6. The van der Waals surface area contributed by atoms with Gasteiger partial charge in [-0.2, -0.15) is 0 Å². The molecule has 116 valence electrons. The van der Waals surface area contributed by atoms with Gasteiger partial charge in [0, 0.05) is 12.6 Å². The average Bonchev–Trinajstić information content (AvgIpc) is 2.43. The van der Waals surface area contributed by atoms with Gasteiger partial charge in [0.1, 0.15) is 0 Å². The van der Waals surface area contributed by atoms with Crippen LogP contribution in [0.15, 0.2) is 24.3 Å². The third-order valence-electron chi connectivity index (χ3n) is 5.00. The molecule has 1 aromatic carbocycles. The van der Waals surface area contributed by atoms with Crippen molar-refractivity contribution >= 4 is 0 Å². The van der Waals surface area contributed by atoms with E-state index in [2.05, 4.69) is 36.2 Å². The van der Waals surface area contributed by atoms with Crippen molar-refractivity contribution in [2.24, 2.45) is 0 Å². The van der Waals surface area contributed by atoms with E-state index >= 15 is 0 Å². The summed E-state index contributed by atoms with van der Waals surface area (Å²) in [5.41, 5.74) is 2.73. The molecular weight excluding hydrogens is 262 g/mol. The number of fused-ring (bicyclic) bond motifs is 1. The lowest BCUT2D eigenvalue weighted by Crippen LogP contribution is -2.42. The lowest BCUT2D eigenvalue weighted by atomic mass is 9.89. The number of hydrogen-bond donors (Lipinski definition) is 1. The number of aryl methyl sites for hydroxylation is 1. The van der Waals surface area contributed by atoms with Crippen molar-refractivity contribution in [3.05, 3.63) is 35.4 Å². The van der Waals surface area contributed by atoms with E-state index in [-0.39, 0.29) is 12.2 Å². The van der Waals surface area contributed by atoms with Crippen LogP contribution in [0.2, 0.25) is 0 Å². The van der Waals surface area contributed by atoms with Crippen LogP contribution in [0.5, 0.6) is 0 Å². The Morgan fingerprint density at radius 1 is 1.24 bits per heavy atom. The molecule has 2 unspecified atom stereocenters. The van der Waals surface area contributed by atoms with Crippen LogP contribution in [0.3, 0.4) is 0 Å². The van der Waals surface area contributed by atoms with E-state index in [1.54, 1.807) is 0 Å². The molecule has 0 spiro atoms. The predicted molar refractivity (Wildman–Crippen MR) is 84.3 cm³/mol. The number of benzene rings is 1. The SMILES string of the molecule is CN(CC(O)COC1CCCc2ccccc21)C1CCC1. The molecule has 0 bridgehead atoms. The van der Waals surface area contributed by atoms with Gasteiger partial charge in [-0.3, -0.25) is 0 Å². The Hall–Kier alpha value is -0.900. The Labute approximate surface area is 127 Å². The Balaban J connectivity index is 1.48. The van der Waals surface area contributed by atoms with Gasteiger partial charge in [-0.05, 0) is 50.3 Å². The molecular formula is C18H27NO2. The van der Waals surface area contributed by atoms with Crippen molar-refractivity contribution in [3.63, 3.8) is 0 Å². The minimum absolute atomic E-state index is 0.165. The summed E-state index contributed by atoms with van der Waals surface area (Å²) < 4.78 is 6.03. The first kappa shape index (κ1) is 15.0. The fraction of sp³-hybridized carbons (Fsp3) is 0.667. The van der Waals surface area contributed by atoms with Crippen molar-refractivity contribution < 1.29 is 9.84 Å².